The molecule has 6 heteroatoms. The number of fused-ring (bicyclic) bond motifs is 1. The molecule has 0 unspecified atom stereocenters. The van der Waals surface area contributed by atoms with Crippen molar-refractivity contribution in [2.75, 3.05) is 19.6 Å². The van der Waals surface area contributed by atoms with Crippen LogP contribution in [-0.2, 0) is 16.0 Å². The number of aryl methyl sites for hydroxylation is 1. The summed E-state index contributed by atoms with van der Waals surface area (Å²) in [5, 5.41) is 0.920. The number of pyridine rings is 1. The lowest BCUT2D eigenvalue weighted by atomic mass is 9.98. The first kappa shape index (κ1) is 19.7. The van der Waals surface area contributed by atoms with Gasteiger partial charge in [0.15, 0.2) is 0 Å². The van der Waals surface area contributed by atoms with Gasteiger partial charge in [0.2, 0.25) is 11.8 Å². The molecule has 1 aromatic carbocycles. The van der Waals surface area contributed by atoms with E-state index in [1.165, 1.54) is 0 Å². The van der Waals surface area contributed by atoms with Crippen molar-refractivity contribution in [3.05, 3.63) is 45.7 Å². The Morgan fingerprint density at radius 2 is 1.86 bits per heavy atom. The molecule has 1 atom stereocenters. The summed E-state index contributed by atoms with van der Waals surface area (Å²) < 4.78 is 0. The highest BCUT2D eigenvalue weighted by molar-refractivity contribution is 5.90. The van der Waals surface area contributed by atoms with E-state index < -0.39 is 0 Å². The Hall–Kier alpha value is -2.63. The number of aromatic amines is 1. The van der Waals surface area contributed by atoms with Crippen molar-refractivity contribution >= 4 is 22.7 Å². The summed E-state index contributed by atoms with van der Waals surface area (Å²) >= 11 is 0. The van der Waals surface area contributed by atoms with Crippen LogP contribution in [0.1, 0.15) is 43.7 Å². The smallest absolute Gasteiger partial charge is 0.251 e. The number of benzene rings is 1. The Bertz CT molecular complexity index is 989. The third kappa shape index (κ3) is 4.07. The molecule has 2 amide bonds. The number of hydrogen-bond donors (Lipinski definition) is 1. The SMILES string of the molecule is Cc1cc2cc(CC(=O)N3CCC[C@H]3C(=O)N3CCC(C)CC3)ccc2[nH]c1=O. The maximum absolute atomic E-state index is 13.0. The van der Waals surface area contributed by atoms with E-state index in [-0.39, 0.29) is 29.8 Å². The van der Waals surface area contributed by atoms with E-state index >= 15 is 0 Å². The maximum Gasteiger partial charge on any atom is 0.251 e. The Kier molecular flexibility index (Phi) is 5.43. The zero-order chi connectivity index (χ0) is 20.5. The molecule has 6 nitrogen and oxygen atoms in total. The maximum atomic E-state index is 13.0. The molecule has 2 aromatic rings. The number of piperidine rings is 1. The summed E-state index contributed by atoms with van der Waals surface area (Å²) in [6.45, 7) is 6.27. The second-order valence-corrected chi connectivity index (χ2v) is 8.63. The first-order chi connectivity index (χ1) is 13.9. The predicted molar refractivity (Wildman–Crippen MR) is 113 cm³/mol. The Morgan fingerprint density at radius 1 is 1.10 bits per heavy atom. The molecule has 1 N–H and O–H groups in total. The molecule has 4 rings (SSSR count). The number of carbonyl (C=O) groups is 2. The molecule has 0 saturated carbocycles. The van der Waals surface area contributed by atoms with Gasteiger partial charge in [0, 0.05) is 30.7 Å². The largest absolute Gasteiger partial charge is 0.341 e. The van der Waals surface area contributed by atoms with Gasteiger partial charge >= 0.3 is 0 Å². The number of amides is 2. The van der Waals surface area contributed by atoms with Gasteiger partial charge in [-0.05, 0) is 67.7 Å². The van der Waals surface area contributed by atoms with Gasteiger partial charge in [-0.25, -0.2) is 0 Å². The molecule has 0 aliphatic carbocycles. The Labute approximate surface area is 170 Å². The van der Waals surface area contributed by atoms with Crippen LogP contribution >= 0.6 is 0 Å². The van der Waals surface area contributed by atoms with Gasteiger partial charge in [0.25, 0.3) is 5.56 Å². The van der Waals surface area contributed by atoms with E-state index in [2.05, 4.69) is 11.9 Å². The Balaban J connectivity index is 1.47. The summed E-state index contributed by atoms with van der Waals surface area (Å²) in [6.07, 6.45) is 4.00. The summed E-state index contributed by atoms with van der Waals surface area (Å²) in [5.74, 6) is 0.799. The molecule has 1 aromatic heterocycles. The van der Waals surface area contributed by atoms with E-state index in [9.17, 15) is 14.4 Å². The first-order valence-electron chi connectivity index (χ1n) is 10.6. The molecule has 2 aliphatic rings. The fourth-order valence-corrected chi connectivity index (χ4v) is 4.51. The third-order valence-corrected chi connectivity index (χ3v) is 6.40. The van der Waals surface area contributed by atoms with Crippen LogP contribution in [0.5, 0.6) is 0 Å². The van der Waals surface area contributed by atoms with Gasteiger partial charge in [-0.15, -0.1) is 0 Å². The number of nitrogens with zero attached hydrogens (tertiary/aromatic N) is 2. The minimum atomic E-state index is -0.310. The molecular formula is C23H29N3O3. The van der Waals surface area contributed by atoms with Crippen LogP contribution in [0.3, 0.4) is 0 Å². The monoisotopic (exact) mass is 395 g/mol. The van der Waals surface area contributed by atoms with E-state index in [0.717, 1.165) is 55.2 Å². The zero-order valence-corrected chi connectivity index (χ0v) is 17.2. The van der Waals surface area contributed by atoms with Crippen molar-refractivity contribution in [3.8, 4) is 0 Å². The molecule has 0 spiro atoms. The lowest BCUT2D eigenvalue weighted by molar-refractivity contribution is -0.144. The van der Waals surface area contributed by atoms with Crippen LogP contribution < -0.4 is 5.56 Å². The van der Waals surface area contributed by atoms with Crippen LogP contribution in [0.2, 0.25) is 0 Å². The second kappa shape index (κ2) is 8.01. The highest BCUT2D eigenvalue weighted by Gasteiger charge is 2.37. The van der Waals surface area contributed by atoms with E-state index in [1.54, 1.807) is 11.8 Å². The molecule has 2 fully saturated rings. The molecule has 2 saturated heterocycles. The highest BCUT2D eigenvalue weighted by atomic mass is 16.2. The minimum absolute atomic E-state index is 0.00623. The van der Waals surface area contributed by atoms with Crippen LogP contribution in [0.4, 0.5) is 0 Å². The number of nitrogens with one attached hydrogen (secondary N) is 1. The lowest BCUT2D eigenvalue weighted by Crippen LogP contribution is -2.50. The quantitative estimate of drug-likeness (QED) is 0.868. The molecule has 154 valence electrons. The molecule has 0 bridgehead atoms. The van der Waals surface area contributed by atoms with Gasteiger partial charge in [-0.3, -0.25) is 14.4 Å². The zero-order valence-electron chi connectivity index (χ0n) is 17.2. The van der Waals surface area contributed by atoms with Crippen molar-refractivity contribution in [1.29, 1.82) is 0 Å². The molecule has 0 radical (unpaired) electrons. The van der Waals surface area contributed by atoms with Crippen LogP contribution in [-0.4, -0.2) is 52.3 Å². The van der Waals surface area contributed by atoms with E-state index in [4.69, 9.17) is 0 Å². The number of likely N-dealkylation sites (tertiary alicyclic amines) is 2. The van der Waals surface area contributed by atoms with Crippen molar-refractivity contribution in [2.24, 2.45) is 5.92 Å². The highest BCUT2D eigenvalue weighted by Crippen LogP contribution is 2.24. The van der Waals surface area contributed by atoms with Gasteiger partial charge in [-0.2, -0.15) is 0 Å². The van der Waals surface area contributed by atoms with E-state index in [1.807, 2.05) is 29.2 Å². The molecular weight excluding hydrogens is 366 g/mol. The van der Waals surface area contributed by atoms with Crippen LogP contribution in [0.15, 0.2) is 29.1 Å². The number of carbonyl (C=O) groups excluding carboxylic acids is 2. The normalized spacial score (nSPS) is 20.4. The van der Waals surface area contributed by atoms with Crippen LogP contribution in [0.25, 0.3) is 10.9 Å². The topological polar surface area (TPSA) is 73.5 Å². The summed E-state index contributed by atoms with van der Waals surface area (Å²) in [4.78, 5) is 44.4. The van der Waals surface area contributed by atoms with Crippen molar-refractivity contribution in [2.45, 2.75) is 52.0 Å². The summed E-state index contributed by atoms with van der Waals surface area (Å²) in [5.41, 5.74) is 2.23. The van der Waals surface area contributed by atoms with Gasteiger partial charge in [-0.1, -0.05) is 13.0 Å². The van der Waals surface area contributed by atoms with Gasteiger partial charge in [0.1, 0.15) is 6.04 Å². The fraction of sp³-hybridized carbons (Fsp3) is 0.522. The number of aromatic nitrogens is 1. The number of H-pyrrole nitrogens is 1. The van der Waals surface area contributed by atoms with Crippen molar-refractivity contribution in [1.82, 2.24) is 14.8 Å². The van der Waals surface area contributed by atoms with Gasteiger partial charge < -0.3 is 14.8 Å². The first-order valence-corrected chi connectivity index (χ1v) is 10.6. The molecule has 29 heavy (non-hydrogen) atoms. The molecule has 2 aliphatic heterocycles. The minimum Gasteiger partial charge on any atom is -0.341 e. The summed E-state index contributed by atoms with van der Waals surface area (Å²) in [6, 6.07) is 7.22. The average molecular weight is 396 g/mol. The van der Waals surface area contributed by atoms with Crippen molar-refractivity contribution < 1.29 is 9.59 Å². The molecule has 3 heterocycles. The predicted octanol–water partition coefficient (Wildman–Crippen LogP) is 2.63. The fourth-order valence-electron chi connectivity index (χ4n) is 4.51. The Morgan fingerprint density at radius 3 is 2.62 bits per heavy atom. The second-order valence-electron chi connectivity index (χ2n) is 8.63. The van der Waals surface area contributed by atoms with Crippen molar-refractivity contribution in [3.63, 3.8) is 0 Å². The number of rotatable bonds is 3. The van der Waals surface area contributed by atoms with E-state index in [0.29, 0.717) is 18.0 Å². The number of hydrogen-bond acceptors (Lipinski definition) is 3. The van der Waals surface area contributed by atoms with Gasteiger partial charge in [0.05, 0.1) is 6.42 Å². The summed E-state index contributed by atoms with van der Waals surface area (Å²) in [7, 11) is 0. The lowest BCUT2D eigenvalue weighted by Gasteiger charge is -2.34. The van der Waals surface area contributed by atoms with Crippen LogP contribution in [0, 0.1) is 12.8 Å². The average Bonchev–Trinajstić information content (AvgIpc) is 3.19. The third-order valence-electron chi connectivity index (χ3n) is 6.40. The standard InChI is InChI=1S/C23H29N3O3/c1-15-7-10-25(11-8-15)23(29)20-4-3-9-26(20)21(27)14-17-5-6-19-18(13-17)12-16(2)22(28)24-19/h5-6,12-13,15,20H,3-4,7-11,14H2,1-2H3,(H,24,28)/t20-/m0/s1.